The van der Waals surface area contributed by atoms with Gasteiger partial charge in [-0.3, -0.25) is 9.59 Å². The van der Waals surface area contributed by atoms with Crippen molar-refractivity contribution in [3.05, 3.63) is 35.7 Å². The number of aromatic amines is 1. The fourth-order valence-corrected chi connectivity index (χ4v) is 3.77. The molecule has 1 aromatic carbocycles. The number of piperidine rings is 1. The third kappa shape index (κ3) is 3.26. The molecule has 3 heterocycles. The Bertz CT molecular complexity index is 859. The van der Waals surface area contributed by atoms with E-state index in [1.54, 1.807) is 4.90 Å². The fraction of sp³-hybridized carbons (Fsp3) is 0.471. The zero-order valence-corrected chi connectivity index (χ0v) is 14.4. The van der Waals surface area contributed by atoms with Crippen LogP contribution >= 0.6 is 0 Å². The zero-order valence-electron chi connectivity index (χ0n) is 14.4. The van der Waals surface area contributed by atoms with Crippen molar-refractivity contribution in [2.24, 2.45) is 5.92 Å². The van der Waals surface area contributed by atoms with Gasteiger partial charge in [0.25, 0.3) is 0 Å². The smallest absolute Gasteiger partial charge is 0.239 e. The van der Waals surface area contributed by atoms with E-state index in [1.807, 2.05) is 0 Å². The van der Waals surface area contributed by atoms with Gasteiger partial charge < -0.3 is 9.80 Å². The molecule has 2 fully saturated rings. The van der Waals surface area contributed by atoms with Gasteiger partial charge >= 0.3 is 0 Å². The van der Waals surface area contributed by atoms with Crippen molar-refractivity contribution in [2.75, 3.05) is 24.5 Å². The van der Waals surface area contributed by atoms with Crippen molar-refractivity contribution in [2.45, 2.75) is 25.2 Å². The Morgan fingerprint density at radius 2 is 2.04 bits per heavy atom. The van der Waals surface area contributed by atoms with Gasteiger partial charge in [0.1, 0.15) is 5.92 Å². The second kappa shape index (κ2) is 7.01. The van der Waals surface area contributed by atoms with Crippen LogP contribution in [0.5, 0.6) is 0 Å². The first kappa shape index (κ1) is 17.5. The van der Waals surface area contributed by atoms with Crippen LogP contribution in [-0.4, -0.2) is 57.0 Å². The number of anilines is 1. The second-order valence-electron chi connectivity index (χ2n) is 6.82. The Kier molecular flexibility index (Phi) is 4.54. The molecule has 0 spiro atoms. The van der Waals surface area contributed by atoms with Gasteiger partial charge in [-0.1, -0.05) is 5.21 Å². The van der Waals surface area contributed by atoms with E-state index >= 15 is 0 Å². The highest BCUT2D eigenvalue weighted by Crippen LogP contribution is 2.30. The molecular formula is C17H18F2N6O2. The summed E-state index contributed by atoms with van der Waals surface area (Å²) in [4.78, 5) is 28.6. The molecule has 10 heteroatoms. The first-order chi connectivity index (χ1) is 13.0. The SMILES string of the molecule is O=C([C@@H]1CCN(c2ccc(F)c(F)c2)C1=O)N1CCC[C@@H](c2nn[nH]n2)C1. The van der Waals surface area contributed by atoms with Crippen LogP contribution < -0.4 is 4.90 Å². The molecule has 142 valence electrons. The van der Waals surface area contributed by atoms with Gasteiger partial charge in [-0.15, -0.1) is 10.2 Å². The molecule has 4 rings (SSSR count). The third-order valence-electron chi connectivity index (χ3n) is 5.18. The summed E-state index contributed by atoms with van der Waals surface area (Å²) >= 11 is 0. The topological polar surface area (TPSA) is 95.1 Å². The highest BCUT2D eigenvalue weighted by Gasteiger charge is 2.41. The Balaban J connectivity index is 1.46. The van der Waals surface area contributed by atoms with Gasteiger partial charge in [0, 0.05) is 37.3 Å². The van der Waals surface area contributed by atoms with Crippen molar-refractivity contribution < 1.29 is 18.4 Å². The molecule has 0 unspecified atom stereocenters. The summed E-state index contributed by atoms with van der Waals surface area (Å²) in [6, 6.07) is 3.30. The zero-order chi connectivity index (χ0) is 19.0. The number of aromatic nitrogens is 4. The molecule has 8 nitrogen and oxygen atoms in total. The van der Waals surface area contributed by atoms with Crippen LogP contribution in [0.3, 0.4) is 0 Å². The van der Waals surface area contributed by atoms with E-state index in [1.165, 1.54) is 11.0 Å². The van der Waals surface area contributed by atoms with Crippen LogP contribution in [0.4, 0.5) is 14.5 Å². The summed E-state index contributed by atoms with van der Waals surface area (Å²) < 4.78 is 26.6. The minimum Gasteiger partial charge on any atom is -0.341 e. The van der Waals surface area contributed by atoms with Crippen molar-refractivity contribution in [1.82, 2.24) is 25.5 Å². The monoisotopic (exact) mass is 376 g/mol. The molecule has 0 aliphatic carbocycles. The first-order valence-corrected chi connectivity index (χ1v) is 8.83. The predicted molar refractivity (Wildman–Crippen MR) is 89.6 cm³/mol. The lowest BCUT2D eigenvalue weighted by molar-refractivity contribution is -0.140. The minimum atomic E-state index is -1.02. The number of nitrogens with one attached hydrogen (secondary N) is 1. The summed E-state index contributed by atoms with van der Waals surface area (Å²) in [5.41, 5.74) is 0.262. The Morgan fingerprint density at radius 3 is 2.78 bits per heavy atom. The number of halogens is 2. The van der Waals surface area contributed by atoms with Crippen LogP contribution in [0.15, 0.2) is 18.2 Å². The number of nitrogens with zero attached hydrogens (tertiary/aromatic N) is 5. The standard InChI is InChI=1S/C17H18F2N6O2/c18-13-4-3-11(8-14(13)19)25-7-5-12(17(25)27)16(26)24-6-1-2-10(9-24)15-20-22-23-21-15/h3-4,8,10,12H,1-2,5-7,9H2,(H,20,21,22,23)/t10-,12+/m1/s1. The predicted octanol–water partition coefficient (Wildman–Crippen LogP) is 1.24. The molecule has 1 aromatic heterocycles. The molecule has 2 aliphatic heterocycles. The van der Waals surface area contributed by atoms with Crippen molar-refractivity contribution >= 4 is 17.5 Å². The number of H-pyrrole nitrogens is 1. The highest BCUT2D eigenvalue weighted by molar-refractivity contribution is 6.09. The third-order valence-corrected chi connectivity index (χ3v) is 5.18. The molecule has 2 atom stereocenters. The van der Waals surface area contributed by atoms with E-state index < -0.39 is 17.6 Å². The number of carbonyl (C=O) groups excluding carboxylic acids is 2. The maximum absolute atomic E-state index is 13.5. The van der Waals surface area contributed by atoms with E-state index in [0.717, 1.165) is 25.0 Å². The molecule has 27 heavy (non-hydrogen) atoms. The molecule has 0 radical (unpaired) electrons. The number of benzene rings is 1. The number of carbonyl (C=O) groups is 2. The van der Waals surface area contributed by atoms with Crippen LogP contribution in [0, 0.1) is 17.6 Å². The quantitative estimate of drug-likeness (QED) is 0.814. The molecule has 2 aromatic rings. The first-order valence-electron chi connectivity index (χ1n) is 8.83. The minimum absolute atomic E-state index is 0.0137. The van der Waals surface area contributed by atoms with Crippen LogP contribution in [0.25, 0.3) is 0 Å². The van der Waals surface area contributed by atoms with E-state index in [2.05, 4.69) is 20.6 Å². The van der Waals surface area contributed by atoms with E-state index in [0.29, 0.717) is 31.9 Å². The molecule has 1 N–H and O–H groups in total. The van der Waals surface area contributed by atoms with Crippen LogP contribution in [-0.2, 0) is 9.59 Å². The maximum Gasteiger partial charge on any atom is 0.239 e. The van der Waals surface area contributed by atoms with Crippen LogP contribution in [0.1, 0.15) is 31.0 Å². The van der Waals surface area contributed by atoms with Crippen molar-refractivity contribution in [1.29, 1.82) is 0 Å². The van der Waals surface area contributed by atoms with Gasteiger partial charge in [-0.25, -0.2) is 8.78 Å². The average Bonchev–Trinajstić information content (AvgIpc) is 3.34. The van der Waals surface area contributed by atoms with E-state index in [4.69, 9.17) is 0 Å². The molecule has 0 bridgehead atoms. The Hall–Kier alpha value is -2.91. The number of hydrogen-bond acceptors (Lipinski definition) is 5. The van der Waals surface area contributed by atoms with Crippen molar-refractivity contribution in [3.8, 4) is 0 Å². The molecule has 0 saturated carbocycles. The van der Waals surface area contributed by atoms with Gasteiger partial charge in [-0.05, 0) is 31.4 Å². The molecular weight excluding hydrogens is 358 g/mol. The summed E-state index contributed by atoms with van der Waals surface area (Å²) in [7, 11) is 0. The lowest BCUT2D eigenvalue weighted by Crippen LogP contribution is -2.44. The normalized spacial score (nSPS) is 23.1. The lowest BCUT2D eigenvalue weighted by atomic mass is 9.95. The Labute approximate surface area is 153 Å². The second-order valence-corrected chi connectivity index (χ2v) is 6.82. The molecule has 2 aliphatic rings. The van der Waals surface area contributed by atoms with Gasteiger partial charge in [0.05, 0.1) is 0 Å². The number of amides is 2. The number of tetrazole rings is 1. The van der Waals surface area contributed by atoms with E-state index in [-0.39, 0.29) is 23.4 Å². The number of rotatable bonds is 3. The number of likely N-dealkylation sites (tertiary alicyclic amines) is 1. The average molecular weight is 376 g/mol. The van der Waals surface area contributed by atoms with Crippen molar-refractivity contribution in [3.63, 3.8) is 0 Å². The largest absolute Gasteiger partial charge is 0.341 e. The summed E-state index contributed by atoms with van der Waals surface area (Å²) in [6.45, 7) is 1.30. The molecule has 2 amide bonds. The maximum atomic E-state index is 13.5. The van der Waals surface area contributed by atoms with E-state index in [9.17, 15) is 18.4 Å². The van der Waals surface area contributed by atoms with Crippen LogP contribution in [0.2, 0.25) is 0 Å². The molecule has 2 saturated heterocycles. The highest BCUT2D eigenvalue weighted by atomic mass is 19.2. The van der Waals surface area contributed by atoms with Gasteiger partial charge in [-0.2, -0.15) is 5.21 Å². The summed E-state index contributed by atoms with van der Waals surface area (Å²) in [6.07, 6.45) is 1.99. The Morgan fingerprint density at radius 1 is 1.19 bits per heavy atom. The fourth-order valence-electron chi connectivity index (χ4n) is 3.77. The summed E-state index contributed by atoms with van der Waals surface area (Å²) in [5.74, 6) is -2.87. The lowest BCUT2D eigenvalue weighted by Gasteiger charge is -2.32. The summed E-state index contributed by atoms with van der Waals surface area (Å²) in [5, 5.41) is 13.9. The van der Waals surface area contributed by atoms with Gasteiger partial charge in [0.2, 0.25) is 11.8 Å². The number of hydrogen-bond donors (Lipinski definition) is 1. The van der Waals surface area contributed by atoms with Gasteiger partial charge in [0.15, 0.2) is 17.5 Å².